The molecule has 1 unspecified atom stereocenters. The number of amides is 1. The summed E-state index contributed by atoms with van der Waals surface area (Å²) in [7, 11) is 0. The van der Waals surface area contributed by atoms with Gasteiger partial charge in [-0.15, -0.1) is 0 Å². The van der Waals surface area contributed by atoms with Gasteiger partial charge in [0.1, 0.15) is 5.82 Å². The van der Waals surface area contributed by atoms with Gasteiger partial charge in [0.2, 0.25) is 5.91 Å². The van der Waals surface area contributed by atoms with Crippen LogP contribution in [0.2, 0.25) is 10.0 Å². The van der Waals surface area contributed by atoms with Crippen LogP contribution in [0.4, 0.5) is 13.2 Å². The molecule has 10 heteroatoms. The summed E-state index contributed by atoms with van der Waals surface area (Å²) in [6, 6.07) is 2.58. The molecule has 2 aliphatic rings. The van der Waals surface area contributed by atoms with E-state index in [4.69, 9.17) is 23.2 Å². The normalized spacial score (nSPS) is 22.4. The summed E-state index contributed by atoms with van der Waals surface area (Å²) in [5.41, 5.74) is -3.02. The van der Waals surface area contributed by atoms with Gasteiger partial charge >= 0.3 is 6.18 Å². The van der Waals surface area contributed by atoms with Gasteiger partial charge in [-0.05, 0) is 24.5 Å². The van der Waals surface area contributed by atoms with Crippen LogP contribution < -0.4 is 5.32 Å². The number of fused-ring (bicyclic) bond motifs is 3. The van der Waals surface area contributed by atoms with Crippen molar-refractivity contribution in [3.05, 3.63) is 28.0 Å². The zero-order valence-electron chi connectivity index (χ0n) is 15.3. The molecule has 1 aliphatic heterocycles. The van der Waals surface area contributed by atoms with Gasteiger partial charge in [0.25, 0.3) is 5.66 Å². The maximum absolute atomic E-state index is 14.3. The number of benzene rings is 1. The van der Waals surface area contributed by atoms with Crippen LogP contribution >= 0.6 is 23.2 Å². The third kappa shape index (κ3) is 3.30. The Labute approximate surface area is 174 Å². The predicted octanol–water partition coefficient (Wildman–Crippen LogP) is 4.77. The van der Waals surface area contributed by atoms with E-state index < -0.39 is 30.0 Å². The lowest BCUT2D eigenvalue weighted by molar-refractivity contribution is -0.218. The minimum atomic E-state index is -5.06. The van der Waals surface area contributed by atoms with Gasteiger partial charge < -0.3 is 5.32 Å². The monoisotopic (exact) mass is 447 g/mol. The molecule has 1 fully saturated rings. The second kappa shape index (κ2) is 7.16. The molecule has 1 amide bonds. The van der Waals surface area contributed by atoms with E-state index in [1.807, 2.05) is 5.32 Å². The number of hydrogen-bond donors (Lipinski definition) is 1. The molecule has 5 nitrogen and oxygen atoms in total. The summed E-state index contributed by atoms with van der Waals surface area (Å²) in [6.07, 6.45) is -1.06. The van der Waals surface area contributed by atoms with Gasteiger partial charge in [-0.3, -0.25) is 14.2 Å². The van der Waals surface area contributed by atoms with Crippen molar-refractivity contribution < 1.29 is 22.8 Å². The van der Waals surface area contributed by atoms with Crippen LogP contribution in [0, 0.1) is 5.92 Å². The number of imidazole rings is 1. The molecule has 1 atom stereocenters. The minimum absolute atomic E-state index is 0.00586. The van der Waals surface area contributed by atoms with Crippen molar-refractivity contribution in [1.29, 1.82) is 0 Å². The first-order valence-corrected chi connectivity index (χ1v) is 10.2. The Kier molecular flexibility index (Phi) is 5.06. The highest BCUT2D eigenvalue weighted by atomic mass is 35.5. The molecule has 29 heavy (non-hydrogen) atoms. The van der Waals surface area contributed by atoms with Gasteiger partial charge in [-0.1, -0.05) is 48.9 Å². The van der Waals surface area contributed by atoms with Crippen LogP contribution in [0.1, 0.15) is 44.3 Å². The molecule has 1 saturated carbocycles. The zero-order valence-corrected chi connectivity index (χ0v) is 16.8. The molecule has 1 aromatic heterocycles. The van der Waals surface area contributed by atoms with Crippen molar-refractivity contribution >= 4 is 45.9 Å². The van der Waals surface area contributed by atoms with E-state index in [0.29, 0.717) is 12.3 Å². The quantitative estimate of drug-likeness (QED) is 0.733. The summed E-state index contributed by atoms with van der Waals surface area (Å²) in [5, 5.41) is 2.18. The number of aromatic nitrogens is 2. The maximum atomic E-state index is 14.3. The highest BCUT2D eigenvalue weighted by Crippen LogP contribution is 2.44. The SMILES string of the molecule is O=C(CCC1CCCC1)NC1(C(F)(F)F)C(=O)Cc2nc3cc(Cl)c(Cl)cc3n21. The van der Waals surface area contributed by atoms with E-state index in [-0.39, 0.29) is 33.3 Å². The largest absolute Gasteiger partial charge is 0.438 e. The number of Topliss-reactive ketones (excluding diaryl/α,β-unsaturated/α-hetero) is 1. The lowest BCUT2D eigenvalue weighted by Crippen LogP contribution is -2.62. The van der Waals surface area contributed by atoms with E-state index in [2.05, 4.69) is 4.98 Å². The van der Waals surface area contributed by atoms with Crippen molar-refractivity contribution in [1.82, 2.24) is 14.9 Å². The van der Waals surface area contributed by atoms with Crippen LogP contribution in [0.5, 0.6) is 0 Å². The summed E-state index contributed by atoms with van der Waals surface area (Å²) in [6.45, 7) is 0. The van der Waals surface area contributed by atoms with Crippen LogP contribution in [-0.4, -0.2) is 27.4 Å². The summed E-state index contributed by atoms with van der Waals surface area (Å²) in [4.78, 5) is 29.2. The molecular formula is C19H18Cl2F3N3O2. The number of hydrogen-bond acceptors (Lipinski definition) is 3. The van der Waals surface area contributed by atoms with Gasteiger partial charge in [0.05, 0.1) is 27.5 Å². The smallest absolute Gasteiger partial charge is 0.319 e. The summed E-state index contributed by atoms with van der Waals surface area (Å²) in [5.74, 6) is -1.73. The number of ketones is 1. The topological polar surface area (TPSA) is 64.0 Å². The molecule has 0 saturated heterocycles. The molecule has 0 radical (unpaired) electrons. The number of carbonyl (C=O) groups excluding carboxylic acids is 2. The van der Waals surface area contributed by atoms with Gasteiger partial charge in [-0.2, -0.15) is 13.2 Å². The molecule has 156 valence electrons. The molecule has 4 rings (SSSR count). The maximum Gasteiger partial charge on any atom is 0.438 e. The summed E-state index contributed by atoms with van der Waals surface area (Å²) >= 11 is 11.9. The van der Waals surface area contributed by atoms with Crippen molar-refractivity contribution in [2.24, 2.45) is 5.92 Å². The van der Waals surface area contributed by atoms with E-state index in [1.165, 1.54) is 12.1 Å². The Balaban J connectivity index is 1.74. The minimum Gasteiger partial charge on any atom is -0.319 e. The fourth-order valence-corrected chi connectivity index (χ4v) is 4.71. The molecule has 2 aromatic rings. The average molecular weight is 448 g/mol. The van der Waals surface area contributed by atoms with Crippen LogP contribution in [0.25, 0.3) is 11.0 Å². The van der Waals surface area contributed by atoms with Gasteiger partial charge in [0.15, 0.2) is 5.78 Å². The molecule has 0 spiro atoms. The molecule has 1 aromatic carbocycles. The van der Waals surface area contributed by atoms with E-state index in [9.17, 15) is 22.8 Å². The first-order chi connectivity index (χ1) is 13.6. The van der Waals surface area contributed by atoms with Crippen molar-refractivity contribution in [2.75, 3.05) is 0 Å². The number of rotatable bonds is 4. The first kappa shape index (κ1) is 20.5. The van der Waals surface area contributed by atoms with Crippen LogP contribution in [-0.2, 0) is 21.7 Å². The average Bonchev–Trinajstić information content (AvgIpc) is 3.31. The second-order valence-electron chi connectivity index (χ2n) is 7.66. The lowest BCUT2D eigenvalue weighted by Gasteiger charge is -2.33. The van der Waals surface area contributed by atoms with Gasteiger partial charge in [0, 0.05) is 6.42 Å². The number of carbonyl (C=O) groups is 2. The predicted molar refractivity (Wildman–Crippen MR) is 102 cm³/mol. The standard InChI is InChI=1S/C19H18Cl2F3N3O2/c20-11-7-13-14(8-12(11)21)27-16(25-13)9-15(28)18(27,19(22,23)24)26-17(29)6-5-10-3-1-2-4-10/h7-8,10H,1-6,9H2,(H,26,29). The lowest BCUT2D eigenvalue weighted by atomic mass is 10.00. The molecule has 1 aliphatic carbocycles. The highest BCUT2D eigenvalue weighted by molar-refractivity contribution is 6.42. The van der Waals surface area contributed by atoms with Crippen LogP contribution in [0.3, 0.4) is 0 Å². The third-order valence-corrected chi connectivity index (χ3v) is 6.53. The van der Waals surface area contributed by atoms with Crippen molar-refractivity contribution in [2.45, 2.75) is 56.8 Å². The van der Waals surface area contributed by atoms with Crippen molar-refractivity contribution in [3.63, 3.8) is 0 Å². The number of halogens is 5. The highest BCUT2D eigenvalue weighted by Gasteiger charge is 2.66. The van der Waals surface area contributed by atoms with Crippen LogP contribution in [0.15, 0.2) is 12.1 Å². The Morgan fingerprint density at radius 1 is 1.24 bits per heavy atom. The molecule has 1 N–H and O–H groups in total. The Hall–Kier alpha value is -1.80. The Morgan fingerprint density at radius 2 is 1.90 bits per heavy atom. The van der Waals surface area contributed by atoms with E-state index >= 15 is 0 Å². The number of nitrogens with one attached hydrogen (secondary N) is 1. The number of alkyl halides is 3. The fourth-order valence-electron chi connectivity index (χ4n) is 4.39. The molecule has 0 bridgehead atoms. The number of nitrogens with zero attached hydrogens (tertiary/aromatic N) is 2. The molecule has 2 heterocycles. The Morgan fingerprint density at radius 3 is 2.55 bits per heavy atom. The zero-order chi connectivity index (χ0) is 21.0. The fraction of sp³-hybridized carbons (Fsp3) is 0.526. The van der Waals surface area contributed by atoms with Crippen molar-refractivity contribution in [3.8, 4) is 0 Å². The molecular weight excluding hydrogens is 430 g/mol. The summed E-state index contributed by atoms with van der Waals surface area (Å²) < 4.78 is 43.6. The van der Waals surface area contributed by atoms with Gasteiger partial charge in [-0.25, -0.2) is 4.98 Å². The van der Waals surface area contributed by atoms with E-state index in [1.54, 1.807) is 0 Å². The van der Waals surface area contributed by atoms with E-state index in [0.717, 1.165) is 30.3 Å². The first-order valence-electron chi connectivity index (χ1n) is 9.41. The Bertz CT molecular complexity index is 999. The third-order valence-electron chi connectivity index (χ3n) is 5.81. The second-order valence-corrected chi connectivity index (χ2v) is 8.48.